The third kappa shape index (κ3) is 4.63. The van der Waals surface area contributed by atoms with Gasteiger partial charge in [-0.05, 0) is 57.2 Å². The van der Waals surface area contributed by atoms with Crippen LogP contribution in [0.15, 0.2) is 12.1 Å². The van der Waals surface area contributed by atoms with Crippen LogP contribution in [0.4, 0.5) is 5.69 Å². The quantitative estimate of drug-likeness (QED) is 0.606. The summed E-state index contributed by atoms with van der Waals surface area (Å²) >= 11 is 6.17. The number of ether oxygens (including phenoxy) is 2. The fraction of sp³-hybridized carbons (Fsp3) is 0.667. The van der Waals surface area contributed by atoms with E-state index in [9.17, 15) is 9.90 Å². The van der Waals surface area contributed by atoms with Gasteiger partial charge in [0.05, 0.1) is 28.0 Å². The number of hydrogen-bond acceptors (Lipinski definition) is 6. The van der Waals surface area contributed by atoms with E-state index in [0.29, 0.717) is 35.2 Å². The first kappa shape index (κ1) is 20.7. The first-order valence-electron chi connectivity index (χ1n) is 10.5. The SMILES string of the molecule is Nc1cc(OCC2CCCCO2)c(C(=O)NCC2(O)CN3CCC2CC3)cc1Cl. The molecule has 2 atom stereocenters. The molecule has 5 rings (SSSR count). The van der Waals surface area contributed by atoms with Gasteiger partial charge >= 0.3 is 0 Å². The van der Waals surface area contributed by atoms with Crippen molar-refractivity contribution in [3.05, 3.63) is 22.7 Å². The molecule has 0 aromatic heterocycles. The largest absolute Gasteiger partial charge is 0.490 e. The van der Waals surface area contributed by atoms with Crippen LogP contribution in [0.1, 0.15) is 42.5 Å². The predicted molar refractivity (Wildman–Crippen MR) is 111 cm³/mol. The summed E-state index contributed by atoms with van der Waals surface area (Å²) in [6.07, 6.45) is 5.07. The monoisotopic (exact) mass is 423 g/mol. The van der Waals surface area contributed by atoms with Gasteiger partial charge in [-0.3, -0.25) is 4.79 Å². The molecule has 0 spiro atoms. The Kier molecular flexibility index (Phi) is 6.20. The highest BCUT2D eigenvalue weighted by molar-refractivity contribution is 6.33. The number of nitrogens with one attached hydrogen (secondary N) is 1. The topological polar surface area (TPSA) is 97.0 Å². The smallest absolute Gasteiger partial charge is 0.255 e. The second kappa shape index (κ2) is 8.68. The molecule has 4 fully saturated rings. The number of fused-ring (bicyclic) bond motifs is 3. The zero-order valence-corrected chi connectivity index (χ0v) is 17.4. The Morgan fingerprint density at radius 3 is 2.79 bits per heavy atom. The molecule has 1 aromatic rings. The van der Waals surface area contributed by atoms with Crippen molar-refractivity contribution >= 4 is 23.2 Å². The summed E-state index contributed by atoms with van der Waals surface area (Å²) in [5, 5.41) is 14.2. The summed E-state index contributed by atoms with van der Waals surface area (Å²) in [6.45, 7) is 3.96. The Bertz CT molecular complexity index is 748. The molecule has 4 saturated heterocycles. The maximum atomic E-state index is 12.9. The highest BCUT2D eigenvalue weighted by atomic mass is 35.5. The number of carbonyl (C=O) groups excluding carboxylic acids is 1. The highest BCUT2D eigenvalue weighted by Gasteiger charge is 2.45. The van der Waals surface area contributed by atoms with E-state index in [1.54, 1.807) is 6.07 Å². The maximum Gasteiger partial charge on any atom is 0.255 e. The Hall–Kier alpha value is -1.54. The van der Waals surface area contributed by atoms with Crippen LogP contribution in [0.3, 0.4) is 0 Å². The van der Waals surface area contributed by atoms with Crippen molar-refractivity contribution in [2.75, 3.05) is 45.1 Å². The molecule has 7 nitrogen and oxygen atoms in total. The second-order valence-electron chi connectivity index (χ2n) is 8.51. The molecule has 4 heterocycles. The first-order chi connectivity index (χ1) is 13.9. The summed E-state index contributed by atoms with van der Waals surface area (Å²) in [7, 11) is 0. The van der Waals surface area contributed by atoms with E-state index in [1.807, 2.05) is 0 Å². The van der Waals surface area contributed by atoms with Crippen molar-refractivity contribution in [1.82, 2.24) is 10.2 Å². The van der Waals surface area contributed by atoms with Crippen molar-refractivity contribution < 1.29 is 19.4 Å². The molecule has 160 valence electrons. The lowest BCUT2D eigenvalue weighted by Gasteiger charge is -2.50. The van der Waals surface area contributed by atoms with Crippen LogP contribution >= 0.6 is 11.6 Å². The molecule has 4 N–H and O–H groups in total. The lowest BCUT2D eigenvalue weighted by atomic mass is 9.75. The molecule has 1 amide bonds. The van der Waals surface area contributed by atoms with Gasteiger partial charge in [-0.1, -0.05) is 11.6 Å². The number of rotatable bonds is 6. The maximum absolute atomic E-state index is 12.9. The molecule has 8 heteroatoms. The van der Waals surface area contributed by atoms with Crippen LogP contribution in [0, 0.1) is 5.92 Å². The molecule has 0 radical (unpaired) electrons. The Morgan fingerprint density at radius 2 is 2.14 bits per heavy atom. The van der Waals surface area contributed by atoms with E-state index in [0.717, 1.165) is 51.8 Å². The predicted octanol–water partition coefficient (Wildman–Crippen LogP) is 2.06. The van der Waals surface area contributed by atoms with Gasteiger partial charge in [0.15, 0.2) is 0 Å². The Labute approximate surface area is 176 Å². The van der Waals surface area contributed by atoms with Gasteiger partial charge in [0, 0.05) is 25.8 Å². The number of hydrogen-bond donors (Lipinski definition) is 3. The fourth-order valence-electron chi connectivity index (χ4n) is 4.66. The van der Waals surface area contributed by atoms with Crippen LogP contribution in [-0.2, 0) is 4.74 Å². The summed E-state index contributed by atoms with van der Waals surface area (Å²) in [5.41, 5.74) is 5.73. The van der Waals surface area contributed by atoms with Gasteiger partial charge in [0.25, 0.3) is 5.91 Å². The van der Waals surface area contributed by atoms with Crippen LogP contribution in [-0.4, -0.2) is 67.0 Å². The van der Waals surface area contributed by atoms with Crippen LogP contribution < -0.4 is 15.8 Å². The Morgan fingerprint density at radius 1 is 1.34 bits per heavy atom. The third-order valence-electron chi connectivity index (χ3n) is 6.44. The Balaban J connectivity index is 1.43. The van der Waals surface area contributed by atoms with Gasteiger partial charge in [0.2, 0.25) is 0 Å². The summed E-state index contributed by atoms with van der Waals surface area (Å²) in [4.78, 5) is 15.2. The minimum absolute atomic E-state index is 0.0177. The number of nitrogens with zero attached hydrogens (tertiary/aromatic N) is 1. The number of halogens is 1. The number of piperidine rings is 3. The minimum atomic E-state index is -0.888. The number of anilines is 1. The van der Waals surface area contributed by atoms with Crippen LogP contribution in [0.5, 0.6) is 5.75 Å². The summed E-state index contributed by atoms with van der Waals surface area (Å²) in [5.74, 6) is 0.290. The van der Waals surface area contributed by atoms with Crippen molar-refractivity contribution in [3.63, 3.8) is 0 Å². The van der Waals surface area contributed by atoms with Crippen molar-refractivity contribution in [3.8, 4) is 5.75 Å². The average Bonchev–Trinajstić information content (AvgIpc) is 2.74. The van der Waals surface area contributed by atoms with E-state index < -0.39 is 5.60 Å². The molecular weight excluding hydrogens is 394 g/mol. The molecule has 2 unspecified atom stereocenters. The second-order valence-corrected chi connectivity index (χ2v) is 8.91. The molecule has 0 aliphatic carbocycles. The lowest BCUT2D eigenvalue weighted by molar-refractivity contribution is -0.108. The molecule has 4 aliphatic heterocycles. The van der Waals surface area contributed by atoms with E-state index in [1.165, 1.54) is 6.07 Å². The van der Waals surface area contributed by atoms with E-state index in [2.05, 4.69) is 10.2 Å². The molecule has 29 heavy (non-hydrogen) atoms. The van der Waals surface area contributed by atoms with E-state index in [4.69, 9.17) is 26.8 Å². The van der Waals surface area contributed by atoms with Crippen LogP contribution in [0.25, 0.3) is 0 Å². The molecule has 4 aliphatic rings. The fourth-order valence-corrected chi connectivity index (χ4v) is 4.82. The number of amides is 1. The zero-order valence-electron chi connectivity index (χ0n) is 16.7. The van der Waals surface area contributed by atoms with Gasteiger partial charge in [-0.2, -0.15) is 0 Å². The standard InChI is InChI=1S/C21H30ClN3O4/c22-17-9-16(19(10-18(17)23)29-11-15-3-1-2-8-28-15)20(26)24-12-21(27)13-25-6-4-14(21)5-7-25/h9-10,14-15,27H,1-8,11-13,23H2,(H,24,26). The number of aliphatic hydroxyl groups is 1. The number of nitrogen functional groups attached to an aromatic ring is 1. The van der Waals surface area contributed by atoms with Crippen molar-refractivity contribution in [1.29, 1.82) is 0 Å². The zero-order chi connectivity index (χ0) is 20.4. The highest BCUT2D eigenvalue weighted by Crippen LogP contribution is 2.35. The third-order valence-corrected chi connectivity index (χ3v) is 6.77. The lowest BCUT2D eigenvalue weighted by Crippen LogP contribution is -2.63. The van der Waals surface area contributed by atoms with Gasteiger partial charge < -0.3 is 30.5 Å². The number of benzene rings is 1. The molecule has 0 saturated carbocycles. The van der Waals surface area contributed by atoms with Gasteiger partial charge in [0.1, 0.15) is 12.4 Å². The van der Waals surface area contributed by atoms with E-state index >= 15 is 0 Å². The first-order valence-corrected chi connectivity index (χ1v) is 10.9. The van der Waals surface area contributed by atoms with E-state index in [-0.39, 0.29) is 24.5 Å². The summed E-state index contributed by atoms with van der Waals surface area (Å²) < 4.78 is 11.6. The molecular formula is C21H30ClN3O4. The number of nitrogens with two attached hydrogens (primary N) is 1. The van der Waals surface area contributed by atoms with Gasteiger partial charge in [-0.25, -0.2) is 0 Å². The van der Waals surface area contributed by atoms with Crippen molar-refractivity contribution in [2.24, 2.45) is 5.92 Å². The molecule has 2 bridgehead atoms. The normalized spacial score (nSPS) is 31.4. The minimum Gasteiger partial charge on any atom is -0.490 e. The van der Waals surface area contributed by atoms with Crippen LogP contribution in [0.2, 0.25) is 5.02 Å². The molecule has 1 aromatic carbocycles. The summed E-state index contributed by atoms with van der Waals surface area (Å²) in [6, 6.07) is 3.12. The number of carbonyl (C=O) groups is 1. The average molecular weight is 424 g/mol. The van der Waals surface area contributed by atoms with Gasteiger partial charge in [-0.15, -0.1) is 0 Å². The van der Waals surface area contributed by atoms with Crippen molar-refractivity contribution in [2.45, 2.75) is 43.8 Å².